The molecule has 25 heavy (non-hydrogen) atoms. The fourth-order valence-corrected chi connectivity index (χ4v) is 2.74. The van der Waals surface area contributed by atoms with Gasteiger partial charge in [0.2, 0.25) is 5.91 Å². The van der Waals surface area contributed by atoms with Gasteiger partial charge >= 0.3 is 0 Å². The summed E-state index contributed by atoms with van der Waals surface area (Å²) in [4.78, 5) is 12.2. The largest absolute Gasteiger partial charge is 0.493 e. The quantitative estimate of drug-likeness (QED) is 0.850. The van der Waals surface area contributed by atoms with E-state index in [1.807, 2.05) is 42.5 Å². The molecule has 0 saturated carbocycles. The maximum atomic E-state index is 12.2. The normalized spacial score (nSPS) is 14.2. The minimum atomic E-state index is 0.0149. The number of methoxy groups -OCH3 is 2. The standard InChI is InChI=1S/C19H21N3O3/c1-24-17-9-5-14(11-18(17)25-2)16-8-10-19(23)22(21-16)12-13-3-6-15(20)7-4-13/h3-7,9,11H,8,10,12,20H2,1-2H3. The second kappa shape index (κ2) is 7.25. The molecular weight excluding hydrogens is 318 g/mol. The Morgan fingerprint density at radius 3 is 2.44 bits per heavy atom. The molecule has 0 bridgehead atoms. The molecule has 2 aromatic rings. The van der Waals surface area contributed by atoms with E-state index in [9.17, 15) is 4.79 Å². The number of nitrogens with zero attached hydrogens (tertiary/aromatic N) is 2. The number of ether oxygens (including phenoxy) is 2. The van der Waals surface area contributed by atoms with Crippen LogP contribution in [0.15, 0.2) is 47.6 Å². The Hall–Kier alpha value is -3.02. The summed E-state index contributed by atoms with van der Waals surface area (Å²) in [6.07, 6.45) is 1.04. The molecule has 2 aromatic carbocycles. The number of nitrogen functional groups attached to an aromatic ring is 1. The Kier molecular flexibility index (Phi) is 4.88. The molecule has 1 heterocycles. The number of hydrazone groups is 1. The van der Waals surface area contributed by atoms with Crippen molar-refractivity contribution in [1.29, 1.82) is 0 Å². The number of nitrogens with two attached hydrogens (primary N) is 1. The highest BCUT2D eigenvalue weighted by atomic mass is 16.5. The van der Waals surface area contributed by atoms with Crippen molar-refractivity contribution in [2.75, 3.05) is 20.0 Å². The van der Waals surface area contributed by atoms with Crippen molar-refractivity contribution < 1.29 is 14.3 Å². The van der Waals surface area contributed by atoms with Gasteiger partial charge in [-0.15, -0.1) is 0 Å². The van der Waals surface area contributed by atoms with Crippen molar-refractivity contribution in [3.8, 4) is 11.5 Å². The van der Waals surface area contributed by atoms with E-state index in [0.717, 1.165) is 16.8 Å². The van der Waals surface area contributed by atoms with Gasteiger partial charge in [0.05, 0.1) is 26.5 Å². The number of amides is 1. The highest BCUT2D eigenvalue weighted by Gasteiger charge is 2.22. The van der Waals surface area contributed by atoms with Gasteiger partial charge < -0.3 is 15.2 Å². The Morgan fingerprint density at radius 2 is 1.76 bits per heavy atom. The van der Waals surface area contributed by atoms with Gasteiger partial charge in [-0.05, 0) is 35.9 Å². The SMILES string of the molecule is COc1ccc(C2=NN(Cc3ccc(N)cc3)C(=O)CC2)cc1OC. The van der Waals surface area contributed by atoms with Gasteiger partial charge in [0.15, 0.2) is 11.5 Å². The highest BCUT2D eigenvalue weighted by molar-refractivity contribution is 6.04. The maximum absolute atomic E-state index is 12.2. The number of benzene rings is 2. The van der Waals surface area contributed by atoms with Crippen LogP contribution >= 0.6 is 0 Å². The number of hydrogen-bond donors (Lipinski definition) is 1. The van der Waals surface area contributed by atoms with Gasteiger partial charge in [-0.3, -0.25) is 4.79 Å². The Bertz CT molecular complexity index is 800. The average Bonchev–Trinajstić information content (AvgIpc) is 2.64. The molecular formula is C19H21N3O3. The fourth-order valence-electron chi connectivity index (χ4n) is 2.74. The summed E-state index contributed by atoms with van der Waals surface area (Å²) < 4.78 is 10.6. The molecule has 1 aliphatic rings. The molecule has 0 aromatic heterocycles. The lowest BCUT2D eigenvalue weighted by Crippen LogP contribution is -2.31. The maximum Gasteiger partial charge on any atom is 0.243 e. The molecule has 0 saturated heterocycles. The Labute approximate surface area is 146 Å². The van der Waals surface area contributed by atoms with Gasteiger partial charge in [-0.1, -0.05) is 12.1 Å². The molecule has 6 nitrogen and oxygen atoms in total. The van der Waals surface area contributed by atoms with Crippen LogP contribution < -0.4 is 15.2 Å². The third-order valence-electron chi connectivity index (χ3n) is 4.13. The van der Waals surface area contributed by atoms with Crippen LogP contribution in [-0.2, 0) is 11.3 Å². The van der Waals surface area contributed by atoms with Crippen LogP contribution in [0, 0.1) is 0 Å². The molecule has 3 rings (SSSR count). The van der Waals surface area contributed by atoms with Crippen molar-refractivity contribution in [3.05, 3.63) is 53.6 Å². The van der Waals surface area contributed by atoms with Crippen LogP contribution in [0.1, 0.15) is 24.0 Å². The molecule has 6 heteroatoms. The van der Waals surface area contributed by atoms with Crippen molar-refractivity contribution in [3.63, 3.8) is 0 Å². The highest BCUT2D eigenvalue weighted by Crippen LogP contribution is 2.29. The lowest BCUT2D eigenvalue weighted by molar-refractivity contribution is -0.132. The first-order chi connectivity index (χ1) is 12.1. The minimum Gasteiger partial charge on any atom is -0.493 e. The average molecular weight is 339 g/mol. The molecule has 1 amide bonds. The summed E-state index contributed by atoms with van der Waals surface area (Å²) in [5.74, 6) is 1.32. The van der Waals surface area contributed by atoms with Crippen molar-refractivity contribution in [1.82, 2.24) is 5.01 Å². The zero-order chi connectivity index (χ0) is 17.8. The Balaban J connectivity index is 1.86. The number of carbonyl (C=O) groups excluding carboxylic acids is 1. The number of anilines is 1. The van der Waals surface area contributed by atoms with Crippen molar-refractivity contribution >= 4 is 17.3 Å². The lowest BCUT2D eigenvalue weighted by atomic mass is 10.0. The minimum absolute atomic E-state index is 0.0149. The van der Waals surface area contributed by atoms with Crippen LogP contribution in [-0.4, -0.2) is 30.8 Å². The van der Waals surface area contributed by atoms with Crippen molar-refractivity contribution in [2.45, 2.75) is 19.4 Å². The van der Waals surface area contributed by atoms with Gasteiger partial charge in [0.1, 0.15) is 0 Å². The fraction of sp³-hybridized carbons (Fsp3) is 0.263. The third-order valence-corrected chi connectivity index (χ3v) is 4.13. The molecule has 0 atom stereocenters. The molecule has 130 valence electrons. The molecule has 0 aliphatic carbocycles. The van der Waals surface area contributed by atoms with Crippen LogP contribution in [0.3, 0.4) is 0 Å². The summed E-state index contributed by atoms with van der Waals surface area (Å²) in [5, 5.41) is 6.07. The molecule has 2 N–H and O–H groups in total. The summed E-state index contributed by atoms with van der Waals surface area (Å²) in [7, 11) is 3.20. The van der Waals surface area contributed by atoms with Crippen LogP contribution in [0.25, 0.3) is 0 Å². The van der Waals surface area contributed by atoms with Gasteiger partial charge in [0.25, 0.3) is 0 Å². The van der Waals surface area contributed by atoms with Crippen LogP contribution in [0.5, 0.6) is 11.5 Å². The lowest BCUT2D eigenvalue weighted by Gasteiger charge is -2.24. The zero-order valence-electron chi connectivity index (χ0n) is 14.4. The summed E-state index contributed by atoms with van der Waals surface area (Å²) in [6, 6.07) is 13.1. The van der Waals surface area contributed by atoms with E-state index in [1.54, 1.807) is 14.2 Å². The first-order valence-corrected chi connectivity index (χ1v) is 8.05. The zero-order valence-corrected chi connectivity index (χ0v) is 14.4. The first-order valence-electron chi connectivity index (χ1n) is 8.05. The topological polar surface area (TPSA) is 77.1 Å². The first kappa shape index (κ1) is 16.8. The van der Waals surface area contributed by atoms with E-state index in [0.29, 0.717) is 36.6 Å². The van der Waals surface area contributed by atoms with E-state index < -0.39 is 0 Å². The van der Waals surface area contributed by atoms with E-state index >= 15 is 0 Å². The smallest absolute Gasteiger partial charge is 0.243 e. The van der Waals surface area contributed by atoms with Gasteiger partial charge in [-0.2, -0.15) is 5.10 Å². The number of rotatable bonds is 5. The predicted molar refractivity (Wildman–Crippen MR) is 96.7 cm³/mol. The van der Waals surface area contributed by atoms with Gasteiger partial charge in [-0.25, -0.2) is 5.01 Å². The van der Waals surface area contributed by atoms with E-state index in [2.05, 4.69) is 5.10 Å². The number of carbonyl (C=O) groups is 1. The molecule has 0 spiro atoms. The van der Waals surface area contributed by atoms with E-state index in [4.69, 9.17) is 15.2 Å². The predicted octanol–water partition coefficient (Wildman–Crippen LogP) is 2.81. The van der Waals surface area contributed by atoms with Crippen LogP contribution in [0.2, 0.25) is 0 Å². The second-order valence-electron chi connectivity index (χ2n) is 5.81. The third kappa shape index (κ3) is 3.74. The van der Waals surface area contributed by atoms with Gasteiger partial charge in [0, 0.05) is 24.1 Å². The van der Waals surface area contributed by atoms with E-state index in [1.165, 1.54) is 5.01 Å². The molecule has 1 aliphatic heterocycles. The number of hydrogen-bond acceptors (Lipinski definition) is 5. The second-order valence-corrected chi connectivity index (χ2v) is 5.81. The van der Waals surface area contributed by atoms with Crippen LogP contribution in [0.4, 0.5) is 5.69 Å². The van der Waals surface area contributed by atoms with E-state index in [-0.39, 0.29) is 5.91 Å². The monoisotopic (exact) mass is 339 g/mol. The Morgan fingerprint density at radius 1 is 1.04 bits per heavy atom. The summed E-state index contributed by atoms with van der Waals surface area (Å²) in [6.45, 7) is 0.426. The molecule has 0 radical (unpaired) electrons. The summed E-state index contributed by atoms with van der Waals surface area (Å²) >= 11 is 0. The summed E-state index contributed by atoms with van der Waals surface area (Å²) in [5.41, 5.74) is 9.17. The van der Waals surface area contributed by atoms with Crippen molar-refractivity contribution in [2.24, 2.45) is 5.10 Å². The molecule has 0 unspecified atom stereocenters. The molecule has 0 fully saturated rings.